The van der Waals surface area contributed by atoms with E-state index in [4.69, 9.17) is 5.84 Å². The molecule has 0 aromatic heterocycles. The monoisotopic (exact) mass is 130 g/mol. The molecule has 0 saturated heterocycles. The molecule has 0 bridgehead atoms. The van der Waals surface area contributed by atoms with E-state index in [1.54, 1.807) is 0 Å². The number of nitrogens with two attached hydrogens (primary N) is 1. The van der Waals surface area contributed by atoms with Gasteiger partial charge in [-0.3, -0.25) is 11.3 Å². The zero-order valence-electron chi connectivity index (χ0n) is 5.51. The number of hydrogen-bond acceptors (Lipinski definition) is 3. The van der Waals surface area contributed by atoms with Crippen molar-refractivity contribution in [3.8, 4) is 0 Å². The largest absolute Gasteiger partial charge is 0.391 e. The standard InChI is InChI=1S/C6H14N2O/c7-8-5-3-1-2-4-6(5)9/h5-6,8-9H,1-4,7H2/t5-,6+/m1/s1. The molecule has 0 radical (unpaired) electrons. The second-order valence-electron chi connectivity index (χ2n) is 2.62. The third kappa shape index (κ3) is 1.64. The molecule has 4 N–H and O–H groups in total. The van der Waals surface area contributed by atoms with Gasteiger partial charge in [0, 0.05) is 6.04 Å². The van der Waals surface area contributed by atoms with Crippen LogP contribution < -0.4 is 11.3 Å². The Morgan fingerprint density at radius 3 is 2.44 bits per heavy atom. The third-order valence-electron chi connectivity index (χ3n) is 1.94. The van der Waals surface area contributed by atoms with Crippen LogP contribution in [0.3, 0.4) is 0 Å². The van der Waals surface area contributed by atoms with Crippen LogP contribution in [0.2, 0.25) is 0 Å². The van der Waals surface area contributed by atoms with Crippen LogP contribution in [-0.2, 0) is 0 Å². The first-order valence-electron chi connectivity index (χ1n) is 3.49. The smallest absolute Gasteiger partial charge is 0.0706 e. The van der Waals surface area contributed by atoms with Gasteiger partial charge < -0.3 is 5.11 Å². The van der Waals surface area contributed by atoms with E-state index in [-0.39, 0.29) is 12.1 Å². The van der Waals surface area contributed by atoms with Gasteiger partial charge in [0.1, 0.15) is 0 Å². The van der Waals surface area contributed by atoms with Crippen LogP contribution in [0.4, 0.5) is 0 Å². The molecule has 1 rings (SSSR count). The molecule has 3 heteroatoms. The maximum absolute atomic E-state index is 9.23. The van der Waals surface area contributed by atoms with E-state index in [2.05, 4.69) is 5.43 Å². The highest BCUT2D eigenvalue weighted by Crippen LogP contribution is 2.17. The number of aliphatic hydroxyl groups is 1. The summed E-state index contributed by atoms with van der Waals surface area (Å²) in [5.41, 5.74) is 2.60. The number of aliphatic hydroxyl groups excluding tert-OH is 1. The van der Waals surface area contributed by atoms with Gasteiger partial charge in [-0.25, -0.2) is 0 Å². The summed E-state index contributed by atoms with van der Waals surface area (Å²) < 4.78 is 0. The Morgan fingerprint density at radius 1 is 1.33 bits per heavy atom. The molecule has 0 aromatic rings. The van der Waals surface area contributed by atoms with Gasteiger partial charge in [0.15, 0.2) is 0 Å². The lowest BCUT2D eigenvalue weighted by Crippen LogP contribution is -2.45. The molecule has 0 aromatic carbocycles. The SMILES string of the molecule is NN[C@@H]1CCCC[C@@H]1O. The molecule has 0 heterocycles. The van der Waals surface area contributed by atoms with Crippen LogP contribution in [0, 0.1) is 0 Å². The normalized spacial score (nSPS) is 36.7. The summed E-state index contributed by atoms with van der Waals surface area (Å²) in [6.45, 7) is 0. The highest BCUT2D eigenvalue weighted by atomic mass is 16.3. The van der Waals surface area contributed by atoms with Gasteiger partial charge in [-0.05, 0) is 12.8 Å². The van der Waals surface area contributed by atoms with Crippen molar-refractivity contribution in [3.05, 3.63) is 0 Å². The Labute approximate surface area is 55.2 Å². The first-order chi connectivity index (χ1) is 4.34. The van der Waals surface area contributed by atoms with Gasteiger partial charge >= 0.3 is 0 Å². The van der Waals surface area contributed by atoms with Crippen LogP contribution in [0.15, 0.2) is 0 Å². The minimum Gasteiger partial charge on any atom is -0.391 e. The Kier molecular flexibility index (Phi) is 2.45. The van der Waals surface area contributed by atoms with Gasteiger partial charge in [-0.2, -0.15) is 0 Å². The third-order valence-corrected chi connectivity index (χ3v) is 1.94. The Morgan fingerprint density at radius 2 is 2.00 bits per heavy atom. The summed E-state index contributed by atoms with van der Waals surface area (Å²) in [6.07, 6.45) is 4.02. The van der Waals surface area contributed by atoms with E-state index < -0.39 is 0 Å². The predicted octanol–water partition coefficient (Wildman–Crippen LogP) is -0.247. The summed E-state index contributed by atoms with van der Waals surface area (Å²) in [6, 6.07) is 0.138. The summed E-state index contributed by atoms with van der Waals surface area (Å²) in [5, 5.41) is 9.23. The van der Waals surface area contributed by atoms with Crippen LogP contribution in [-0.4, -0.2) is 17.3 Å². The van der Waals surface area contributed by atoms with Crippen molar-refractivity contribution in [2.75, 3.05) is 0 Å². The molecule has 1 fully saturated rings. The number of hydrazine groups is 1. The maximum Gasteiger partial charge on any atom is 0.0706 e. The van der Waals surface area contributed by atoms with Crippen LogP contribution in [0.25, 0.3) is 0 Å². The zero-order valence-corrected chi connectivity index (χ0v) is 5.51. The molecule has 1 aliphatic carbocycles. The van der Waals surface area contributed by atoms with Crippen LogP contribution >= 0.6 is 0 Å². The average Bonchev–Trinajstić information content (AvgIpc) is 1.89. The lowest BCUT2D eigenvalue weighted by molar-refractivity contribution is 0.0913. The fraction of sp³-hybridized carbons (Fsp3) is 1.00. The van der Waals surface area contributed by atoms with E-state index >= 15 is 0 Å². The molecule has 2 atom stereocenters. The lowest BCUT2D eigenvalue weighted by Gasteiger charge is -2.26. The van der Waals surface area contributed by atoms with Crippen LogP contribution in [0.5, 0.6) is 0 Å². The minimum absolute atomic E-state index is 0.138. The fourth-order valence-electron chi connectivity index (χ4n) is 1.31. The van der Waals surface area contributed by atoms with Gasteiger partial charge in [0.25, 0.3) is 0 Å². The van der Waals surface area contributed by atoms with Gasteiger partial charge in [-0.15, -0.1) is 0 Å². The topological polar surface area (TPSA) is 58.3 Å². The molecule has 9 heavy (non-hydrogen) atoms. The fourth-order valence-corrected chi connectivity index (χ4v) is 1.31. The second kappa shape index (κ2) is 3.15. The second-order valence-corrected chi connectivity index (χ2v) is 2.62. The first-order valence-corrected chi connectivity index (χ1v) is 3.49. The molecule has 1 saturated carbocycles. The highest BCUT2D eigenvalue weighted by Gasteiger charge is 2.20. The Balaban J connectivity index is 2.30. The van der Waals surface area contributed by atoms with Crippen molar-refractivity contribution in [1.29, 1.82) is 0 Å². The van der Waals surface area contributed by atoms with Crippen LogP contribution in [0.1, 0.15) is 25.7 Å². The van der Waals surface area contributed by atoms with Gasteiger partial charge in [0.2, 0.25) is 0 Å². The van der Waals surface area contributed by atoms with E-state index in [1.165, 1.54) is 6.42 Å². The highest BCUT2D eigenvalue weighted by molar-refractivity contribution is 4.77. The number of hydrogen-bond donors (Lipinski definition) is 3. The number of nitrogens with one attached hydrogen (secondary N) is 1. The van der Waals surface area contributed by atoms with E-state index in [0.717, 1.165) is 19.3 Å². The molecule has 0 amide bonds. The maximum atomic E-state index is 9.23. The first kappa shape index (κ1) is 6.99. The van der Waals surface area contributed by atoms with Crippen molar-refractivity contribution in [1.82, 2.24) is 5.43 Å². The van der Waals surface area contributed by atoms with Crippen molar-refractivity contribution >= 4 is 0 Å². The Bertz CT molecular complexity index is 87.1. The molecule has 0 unspecified atom stereocenters. The summed E-state index contributed by atoms with van der Waals surface area (Å²) in [4.78, 5) is 0. The molecule has 0 aliphatic heterocycles. The van der Waals surface area contributed by atoms with E-state index in [9.17, 15) is 5.11 Å². The van der Waals surface area contributed by atoms with Crippen molar-refractivity contribution in [2.45, 2.75) is 37.8 Å². The van der Waals surface area contributed by atoms with E-state index in [0.29, 0.717) is 0 Å². The summed E-state index contributed by atoms with van der Waals surface area (Å²) >= 11 is 0. The van der Waals surface area contributed by atoms with Crippen molar-refractivity contribution < 1.29 is 5.11 Å². The van der Waals surface area contributed by atoms with Gasteiger partial charge in [0.05, 0.1) is 6.10 Å². The average molecular weight is 130 g/mol. The molecular formula is C6H14N2O. The van der Waals surface area contributed by atoms with Gasteiger partial charge in [-0.1, -0.05) is 12.8 Å². The predicted molar refractivity (Wildman–Crippen MR) is 35.6 cm³/mol. The quantitative estimate of drug-likeness (QED) is 0.339. The molecule has 0 spiro atoms. The van der Waals surface area contributed by atoms with Crippen molar-refractivity contribution in [2.24, 2.45) is 5.84 Å². The lowest BCUT2D eigenvalue weighted by atomic mass is 9.93. The number of rotatable bonds is 1. The van der Waals surface area contributed by atoms with E-state index in [1.807, 2.05) is 0 Å². The van der Waals surface area contributed by atoms with Crippen molar-refractivity contribution in [3.63, 3.8) is 0 Å². The molecule has 1 aliphatic rings. The molecule has 54 valence electrons. The Hall–Kier alpha value is -0.120. The minimum atomic E-state index is -0.219. The zero-order chi connectivity index (χ0) is 6.69. The summed E-state index contributed by atoms with van der Waals surface area (Å²) in [7, 11) is 0. The molecule has 3 nitrogen and oxygen atoms in total. The molecular weight excluding hydrogens is 116 g/mol. The summed E-state index contributed by atoms with van der Waals surface area (Å²) in [5.74, 6) is 5.18.